The average Bonchev–Trinajstić information content (AvgIpc) is 2.62. The van der Waals surface area contributed by atoms with Gasteiger partial charge in [0.15, 0.2) is 0 Å². The number of rotatable bonds is 4. The van der Waals surface area contributed by atoms with Crippen LogP contribution in [0.3, 0.4) is 0 Å². The fourth-order valence-corrected chi connectivity index (χ4v) is 2.06. The lowest BCUT2D eigenvalue weighted by molar-refractivity contribution is 0.0395. The lowest BCUT2D eigenvalue weighted by Crippen LogP contribution is -2.40. The first kappa shape index (κ1) is 11.5. The van der Waals surface area contributed by atoms with Crippen LogP contribution in [0.1, 0.15) is 11.4 Å². The predicted molar refractivity (Wildman–Crippen MR) is 65.4 cm³/mol. The molecule has 1 aromatic rings. The average molecular weight is 223 g/mol. The molecule has 16 heavy (non-hydrogen) atoms. The molecule has 0 aliphatic carbocycles. The van der Waals surface area contributed by atoms with Crippen LogP contribution in [0, 0.1) is 13.8 Å². The van der Waals surface area contributed by atoms with Crippen LogP contribution in [0.2, 0.25) is 0 Å². The molecule has 90 valence electrons. The second-order valence-corrected chi connectivity index (χ2v) is 4.31. The van der Waals surface area contributed by atoms with Gasteiger partial charge in [0.1, 0.15) is 0 Å². The molecule has 0 amide bonds. The number of nitrogens with zero attached hydrogens (tertiary/aromatic N) is 2. The van der Waals surface area contributed by atoms with Crippen LogP contribution < -0.4 is 5.43 Å². The van der Waals surface area contributed by atoms with E-state index in [1.165, 1.54) is 11.4 Å². The molecule has 0 spiro atoms. The van der Waals surface area contributed by atoms with Crippen molar-refractivity contribution in [3.8, 4) is 0 Å². The highest BCUT2D eigenvalue weighted by Crippen LogP contribution is 2.03. The summed E-state index contributed by atoms with van der Waals surface area (Å²) in [6.45, 7) is 10.2. The van der Waals surface area contributed by atoms with E-state index in [0.29, 0.717) is 0 Å². The Morgan fingerprint density at radius 2 is 1.81 bits per heavy atom. The highest BCUT2D eigenvalue weighted by Gasteiger charge is 2.09. The quantitative estimate of drug-likeness (QED) is 0.825. The number of hydrogen-bond acceptors (Lipinski definition) is 3. The van der Waals surface area contributed by atoms with Crippen LogP contribution in [-0.4, -0.2) is 49.0 Å². The van der Waals surface area contributed by atoms with E-state index in [2.05, 4.69) is 41.0 Å². The summed E-state index contributed by atoms with van der Waals surface area (Å²) in [5.41, 5.74) is 5.97. The number of aryl methyl sites for hydroxylation is 2. The van der Waals surface area contributed by atoms with E-state index < -0.39 is 0 Å². The van der Waals surface area contributed by atoms with Gasteiger partial charge in [-0.1, -0.05) is 0 Å². The molecule has 0 unspecified atom stereocenters. The van der Waals surface area contributed by atoms with Crippen LogP contribution in [0.25, 0.3) is 0 Å². The van der Waals surface area contributed by atoms with E-state index in [1.807, 2.05) is 0 Å². The van der Waals surface area contributed by atoms with Gasteiger partial charge in [-0.25, -0.2) is 0 Å². The largest absolute Gasteiger partial charge is 0.379 e. The number of nitrogens with one attached hydrogen (secondary N) is 1. The molecule has 4 nitrogen and oxygen atoms in total. The first-order valence-corrected chi connectivity index (χ1v) is 5.96. The second-order valence-electron chi connectivity index (χ2n) is 4.31. The Labute approximate surface area is 97.2 Å². The maximum Gasteiger partial charge on any atom is 0.0594 e. The molecule has 1 aliphatic rings. The van der Waals surface area contributed by atoms with Crippen molar-refractivity contribution >= 4 is 0 Å². The van der Waals surface area contributed by atoms with Gasteiger partial charge in [0, 0.05) is 37.6 Å². The molecule has 0 aromatic carbocycles. The van der Waals surface area contributed by atoms with E-state index in [1.54, 1.807) is 0 Å². The van der Waals surface area contributed by atoms with E-state index in [9.17, 15) is 0 Å². The standard InChI is InChI=1S/C12H21N3O/c1-11-3-4-12(2)15(11)13-5-6-14-7-9-16-10-8-14/h3-4,13H,5-10H2,1-2H3. The molecule has 4 heteroatoms. The van der Waals surface area contributed by atoms with Crippen molar-refractivity contribution < 1.29 is 4.74 Å². The van der Waals surface area contributed by atoms with E-state index in [4.69, 9.17) is 4.74 Å². The number of morpholine rings is 1. The lowest BCUT2D eigenvalue weighted by atomic mass is 10.4. The molecule has 0 radical (unpaired) electrons. The zero-order valence-corrected chi connectivity index (χ0v) is 10.2. The number of hydrogen-bond donors (Lipinski definition) is 1. The van der Waals surface area contributed by atoms with Crippen molar-refractivity contribution in [3.63, 3.8) is 0 Å². The Kier molecular flexibility index (Phi) is 3.85. The van der Waals surface area contributed by atoms with Gasteiger partial charge >= 0.3 is 0 Å². The van der Waals surface area contributed by atoms with E-state index in [0.717, 1.165) is 39.4 Å². The monoisotopic (exact) mass is 223 g/mol. The summed E-state index contributed by atoms with van der Waals surface area (Å²) in [7, 11) is 0. The molecule has 0 bridgehead atoms. The third kappa shape index (κ3) is 2.77. The van der Waals surface area contributed by atoms with Crippen LogP contribution >= 0.6 is 0 Å². The van der Waals surface area contributed by atoms with Crippen molar-refractivity contribution in [1.82, 2.24) is 9.58 Å². The molecule has 1 aromatic heterocycles. The van der Waals surface area contributed by atoms with Gasteiger partial charge in [0.2, 0.25) is 0 Å². The van der Waals surface area contributed by atoms with Crippen molar-refractivity contribution in [2.75, 3.05) is 44.8 Å². The zero-order valence-electron chi connectivity index (χ0n) is 10.2. The Morgan fingerprint density at radius 1 is 1.19 bits per heavy atom. The van der Waals surface area contributed by atoms with Gasteiger partial charge in [-0.15, -0.1) is 0 Å². The lowest BCUT2D eigenvalue weighted by Gasteiger charge is -2.27. The summed E-state index contributed by atoms with van der Waals surface area (Å²) in [5, 5.41) is 0. The first-order chi connectivity index (χ1) is 7.77. The minimum absolute atomic E-state index is 0.877. The summed E-state index contributed by atoms with van der Waals surface area (Å²) in [5.74, 6) is 0. The molecule has 1 aliphatic heterocycles. The summed E-state index contributed by atoms with van der Waals surface area (Å²) in [4.78, 5) is 2.44. The minimum Gasteiger partial charge on any atom is -0.379 e. The Hall–Kier alpha value is -1.00. The van der Waals surface area contributed by atoms with Gasteiger partial charge in [-0.05, 0) is 26.0 Å². The third-order valence-corrected chi connectivity index (χ3v) is 3.07. The highest BCUT2D eigenvalue weighted by molar-refractivity contribution is 5.15. The predicted octanol–water partition coefficient (Wildman–Crippen LogP) is 0.981. The maximum absolute atomic E-state index is 5.32. The fraction of sp³-hybridized carbons (Fsp3) is 0.667. The van der Waals surface area contributed by atoms with Gasteiger partial charge < -0.3 is 10.2 Å². The van der Waals surface area contributed by atoms with Crippen LogP contribution in [0.4, 0.5) is 0 Å². The van der Waals surface area contributed by atoms with Crippen LogP contribution in [0.5, 0.6) is 0 Å². The molecular formula is C12H21N3O. The van der Waals surface area contributed by atoms with Gasteiger partial charge in [-0.2, -0.15) is 0 Å². The Bertz CT molecular complexity index is 310. The molecule has 0 atom stereocenters. The van der Waals surface area contributed by atoms with Gasteiger partial charge in [0.25, 0.3) is 0 Å². The van der Waals surface area contributed by atoms with Gasteiger partial charge in [0.05, 0.1) is 13.2 Å². The van der Waals surface area contributed by atoms with Gasteiger partial charge in [-0.3, -0.25) is 9.58 Å². The molecule has 2 rings (SSSR count). The van der Waals surface area contributed by atoms with Crippen molar-refractivity contribution in [3.05, 3.63) is 23.5 Å². The second kappa shape index (κ2) is 5.37. The summed E-state index contributed by atoms with van der Waals surface area (Å²) >= 11 is 0. The molecule has 1 fully saturated rings. The first-order valence-electron chi connectivity index (χ1n) is 5.96. The molecule has 1 saturated heterocycles. The van der Waals surface area contributed by atoms with Crippen LogP contribution in [-0.2, 0) is 4.74 Å². The van der Waals surface area contributed by atoms with Crippen molar-refractivity contribution in [2.24, 2.45) is 0 Å². The molecule has 0 saturated carbocycles. The maximum atomic E-state index is 5.32. The number of ether oxygens (including phenoxy) is 1. The molecule has 2 heterocycles. The minimum atomic E-state index is 0.877. The van der Waals surface area contributed by atoms with E-state index >= 15 is 0 Å². The van der Waals surface area contributed by atoms with Crippen LogP contribution in [0.15, 0.2) is 12.1 Å². The molecule has 1 N–H and O–H groups in total. The Balaban J connectivity index is 1.75. The normalized spacial score (nSPS) is 17.6. The third-order valence-electron chi connectivity index (χ3n) is 3.07. The fourth-order valence-electron chi connectivity index (χ4n) is 2.06. The van der Waals surface area contributed by atoms with Crippen molar-refractivity contribution in [1.29, 1.82) is 0 Å². The summed E-state index contributed by atoms with van der Waals surface area (Å²) < 4.78 is 7.48. The topological polar surface area (TPSA) is 29.4 Å². The van der Waals surface area contributed by atoms with E-state index in [-0.39, 0.29) is 0 Å². The summed E-state index contributed by atoms with van der Waals surface area (Å²) in [6.07, 6.45) is 0. The molecular weight excluding hydrogens is 202 g/mol. The highest BCUT2D eigenvalue weighted by atomic mass is 16.5. The summed E-state index contributed by atoms with van der Waals surface area (Å²) in [6, 6.07) is 4.27. The van der Waals surface area contributed by atoms with Crippen molar-refractivity contribution in [2.45, 2.75) is 13.8 Å². The SMILES string of the molecule is Cc1ccc(C)n1NCCN1CCOCC1. The Morgan fingerprint density at radius 3 is 2.44 bits per heavy atom. The smallest absolute Gasteiger partial charge is 0.0594 e. The zero-order chi connectivity index (χ0) is 11.4. The number of aromatic nitrogens is 1.